The highest BCUT2D eigenvalue weighted by Gasteiger charge is 2.06. The van der Waals surface area contributed by atoms with Gasteiger partial charge in [0.05, 0.1) is 0 Å². The van der Waals surface area contributed by atoms with Crippen LogP contribution in [0.15, 0.2) is 18.2 Å². The number of nitrogens with two attached hydrogens (primary N) is 1. The van der Waals surface area contributed by atoms with Crippen LogP contribution in [0.4, 0.5) is 4.79 Å². The molecule has 5 nitrogen and oxygen atoms in total. The lowest BCUT2D eigenvalue weighted by Crippen LogP contribution is -2.38. The van der Waals surface area contributed by atoms with Crippen LogP contribution in [0.25, 0.3) is 0 Å². The summed E-state index contributed by atoms with van der Waals surface area (Å²) in [4.78, 5) is 21.4. The molecule has 1 rings (SSSR count). The van der Waals surface area contributed by atoms with Gasteiger partial charge in [0.2, 0.25) is 0 Å². The van der Waals surface area contributed by atoms with Gasteiger partial charge in [-0.2, -0.15) is 0 Å². The van der Waals surface area contributed by atoms with E-state index in [0.29, 0.717) is 10.8 Å². The van der Waals surface area contributed by atoms with Crippen molar-refractivity contribution in [3.63, 3.8) is 0 Å². The lowest BCUT2D eigenvalue weighted by atomic mass is 10.2. The van der Waals surface area contributed by atoms with Crippen LogP contribution in [0, 0.1) is 6.92 Å². The zero-order chi connectivity index (χ0) is 12.1. The predicted molar refractivity (Wildman–Crippen MR) is 59.4 cm³/mol. The predicted octanol–water partition coefficient (Wildman–Crippen LogP) is 1.22. The Hall–Kier alpha value is -1.75. The van der Waals surface area contributed by atoms with E-state index in [1.165, 1.54) is 0 Å². The van der Waals surface area contributed by atoms with Crippen molar-refractivity contribution in [1.29, 1.82) is 0 Å². The molecule has 0 aliphatic rings. The number of carbonyl (C=O) groups is 2. The first-order chi connectivity index (χ1) is 7.49. The molecule has 0 unspecified atom stereocenters. The third-order valence-corrected chi connectivity index (χ3v) is 1.99. The van der Waals surface area contributed by atoms with E-state index in [1.807, 2.05) is 5.32 Å². The molecule has 0 aliphatic heterocycles. The fourth-order valence-electron chi connectivity index (χ4n) is 1.09. The molecule has 0 fully saturated rings. The smallest absolute Gasteiger partial charge is 0.318 e. The maximum atomic E-state index is 11.0. The molecule has 86 valence electrons. The van der Waals surface area contributed by atoms with Gasteiger partial charge in [-0.05, 0) is 30.7 Å². The molecule has 16 heavy (non-hydrogen) atoms. The topological polar surface area (TPSA) is 81.4 Å². The third kappa shape index (κ3) is 3.78. The van der Waals surface area contributed by atoms with Gasteiger partial charge in [-0.15, -0.1) is 0 Å². The summed E-state index contributed by atoms with van der Waals surface area (Å²) in [5.74, 6) is -0.0640. The number of hydrogen-bond acceptors (Lipinski definition) is 3. The molecular formula is C10H11ClN2O3. The number of ether oxygens (including phenoxy) is 1. The Morgan fingerprint density at radius 1 is 1.50 bits per heavy atom. The molecule has 0 radical (unpaired) electrons. The summed E-state index contributed by atoms with van der Waals surface area (Å²) in [6.45, 7) is 1.53. The molecule has 0 spiro atoms. The van der Waals surface area contributed by atoms with Crippen LogP contribution in [0.3, 0.4) is 0 Å². The molecular weight excluding hydrogens is 232 g/mol. The minimum Gasteiger partial charge on any atom is -0.483 e. The van der Waals surface area contributed by atoms with Gasteiger partial charge in [-0.1, -0.05) is 11.6 Å². The second-order valence-corrected chi connectivity index (χ2v) is 3.55. The Bertz CT molecular complexity index is 421. The van der Waals surface area contributed by atoms with E-state index in [1.54, 1.807) is 25.1 Å². The number of imide groups is 1. The molecule has 0 saturated heterocycles. The van der Waals surface area contributed by atoms with Crippen LogP contribution in [-0.4, -0.2) is 18.5 Å². The Morgan fingerprint density at radius 2 is 2.19 bits per heavy atom. The van der Waals surface area contributed by atoms with Crippen LogP contribution in [0.5, 0.6) is 5.75 Å². The molecule has 0 aliphatic carbocycles. The number of amides is 3. The fourth-order valence-corrected chi connectivity index (χ4v) is 1.32. The quantitative estimate of drug-likeness (QED) is 0.836. The molecule has 0 saturated carbocycles. The summed E-state index contributed by atoms with van der Waals surface area (Å²) in [6, 6.07) is 4.11. The monoisotopic (exact) mass is 242 g/mol. The normalized spacial score (nSPS) is 9.62. The highest BCUT2D eigenvalue weighted by molar-refractivity contribution is 6.30. The largest absolute Gasteiger partial charge is 0.483 e. The maximum Gasteiger partial charge on any atom is 0.318 e. The van der Waals surface area contributed by atoms with Gasteiger partial charge >= 0.3 is 6.03 Å². The van der Waals surface area contributed by atoms with E-state index < -0.39 is 11.9 Å². The van der Waals surface area contributed by atoms with E-state index in [4.69, 9.17) is 22.1 Å². The zero-order valence-electron chi connectivity index (χ0n) is 8.62. The fraction of sp³-hybridized carbons (Fsp3) is 0.200. The van der Waals surface area contributed by atoms with E-state index >= 15 is 0 Å². The van der Waals surface area contributed by atoms with Gasteiger partial charge in [0.25, 0.3) is 5.91 Å². The van der Waals surface area contributed by atoms with E-state index in [2.05, 4.69) is 0 Å². The maximum absolute atomic E-state index is 11.0. The number of aryl methyl sites for hydroxylation is 1. The number of carbonyl (C=O) groups excluding carboxylic acids is 2. The molecule has 0 aromatic heterocycles. The highest BCUT2D eigenvalue weighted by Crippen LogP contribution is 2.21. The SMILES string of the molecule is Cc1cc(Cl)ccc1OCC(=O)NC(N)=O. The first kappa shape index (κ1) is 12.3. The van der Waals surface area contributed by atoms with Gasteiger partial charge in [-0.25, -0.2) is 4.79 Å². The first-order valence-corrected chi connectivity index (χ1v) is 4.85. The number of rotatable bonds is 3. The summed E-state index contributed by atoms with van der Waals surface area (Å²) in [7, 11) is 0. The summed E-state index contributed by atoms with van der Waals surface area (Å²) in [5, 5.41) is 2.48. The van der Waals surface area contributed by atoms with Gasteiger partial charge in [0.1, 0.15) is 5.75 Å². The summed E-state index contributed by atoms with van der Waals surface area (Å²) < 4.78 is 5.18. The van der Waals surface area contributed by atoms with E-state index in [9.17, 15) is 9.59 Å². The lowest BCUT2D eigenvalue weighted by Gasteiger charge is -2.08. The van der Waals surface area contributed by atoms with Gasteiger partial charge in [0.15, 0.2) is 6.61 Å². The van der Waals surface area contributed by atoms with Crippen LogP contribution in [0.2, 0.25) is 5.02 Å². The molecule has 1 aromatic carbocycles. The molecule has 0 atom stereocenters. The van der Waals surface area contributed by atoms with Crippen molar-refractivity contribution in [2.24, 2.45) is 5.73 Å². The number of primary amides is 1. The Kier molecular flexibility index (Phi) is 4.13. The summed E-state index contributed by atoms with van der Waals surface area (Å²) >= 11 is 5.75. The minimum atomic E-state index is -0.901. The van der Waals surface area contributed by atoms with E-state index in [-0.39, 0.29) is 6.61 Å². The second kappa shape index (κ2) is 5.37. The van der Waals surface area contributed by atoms with Crippen molar-refractivity contribution in [1.82, 2.24) is 5.32 Å². The summed E-state index contributed by atoms with van der Waals surface area (Å²) in [6.07, 6.45) is 0. The minimum absolute atomic E-state index is 0.272. The molecule has 3 amide bonds. The molecule has 6 heteroatoms. The number of hydrogen-bond donors (Lipinski definition) is 2. The van der Waals surface area contributed by atoms with Crippen LogP contribution in [-0.2, 0) is 4.79 Å². The average Bonchev–Trinajstić information content (AvgIpc) is 2.15. The van der Waals surface area contributed by atoms with Crippen molar-refractivity contribution in [3.05, 3.63) is 28.8 Å². The van der Waals surface area contributed by atoms with Crippen molar-refractivity contribution in [3.8, 4) is 5.75 Å². The van der Waals surface area contributed by atoms with Crippen LogP contribution < -0.4 is 15.8 Å². The Balaban J connectivity index is 2.54. The van der Waals surface area contributed by atoms with Gasteiger partial charge in [-0.3, -0.25) is 10.1 Å². The van der Waals surface area contributed by atoms with Crippen molar-refractivity contribution in [2.75, 3.05) is 6.61 Å². The van der Waals surface area contributed by atoms with Gasteiger partial charge in [0, 0.05) is 5.02 Å². The van der Waals surface area contributed by atoms with Gasteiger partial charge < -0.3 is 10.5 Å². The number of nitrogens with one attached hydrogen (secondary N) is 1. The van der Waals surface area contributed by atoms with Crippen molar-refractivity contribution < 1.29 is 14.3 Å². The lowest BCUT2D eigenvalue weighted by molar-refractivity contribution is -0.121. The van der Waals surface area contributed by atoms with E-state index in [0.717, 1.165) is 5.56 Å². The van der Waals surface area contributed by atoms with Crippen LogP contribution in [0.1, 0.15) is 5.56 Å². The van der Waals surface area contributed by atoms with Crippen LogP contribution >= 0.6 is 11.6 Å². The number of benzene rings is 1. The first-order valence-electron chi connectivity index (χ1n) is 4.47. The van der Waals surface area contributed by atoms with Crippen molar-refractivity contribution >= 4 is 23.5 Å². The molecule has 0 bridgehead atoms. The second-order valence-electron chi connectivity index (χ2n) is 3.11. The highest BCUT2D eigenvalue weighted by atomic mass is 35.5. The Labute approximate surface area is 97.5 Å². The number of halogens is 1. The molecule has 3 N–H and O–H groups in total. The zero-order valence-corrected chi connectivity index (χ0v) is 9.38. The third-order valence-electron chi connectivity index (χ3n) is 1.76. The van der Waals surface area contributed by atoms with Crippen molar-refractivity contribution in [2.45, 2.75) is 6.92 Å². The standard InChI is InChI=1S/C10H11ClN2O3/c1-6-4-7(11)2-3-8(6)16-5-9(14)13-10(12)15/h2-4H,5H2,1H3,(H3,12,13,14,15). The molecule has 0 heterocycles. The number of urea groups is 1. The Morgan fingerprint density at radius 3 is 2.75 bits per heavy atom. The average molecular weight is 243 g/mol. The summed E-state index contributed by atoms with van der Waals surface area (Å²) in [5.41, 5.74) is 5.57. The molecule has 1 aromatic rings.